The number of hydrogen-bond acceptors (Lipinski definition) is 5. The van der Waals surface area contributed by atoms with E-state index in [9.17, 15) is 14.4 Å². The summed E-state index contributed by atoms with van der Waals surface area (Å²) in [6.07, 6.45) is 3.65. The minimum atomic E-state index is -0.175. The second kappa shape index (κ2) is 8.71. The molecule has 3 aromatic rings. The lowest BCUT2D eigenvalue weighted by Crippen LogP contribution is -2.35. The number of benzene rings is 1. The van der Waals surface area contributed by atoms with E-state index in [4.69, 9.17) is 4.42 Å². The Morgan fingerprint density at radius 2 is 1.97 bits per heavy atom. The molecule has 7 nitrogen and oxygen atoms in total. The molecule has 4 rings (SSSR count). The van der Waals surface area contributed by atoms with E-state index >= 15 is 0 Å². The van der Waals surface area contributed by atoms with Gasteiger partial charge in [-0.15, -0.1) is 0 Å². The summed E-state index contributed by atoms with van der Waals surface area (Å²) in [5.74, 6) is 0.420. The van der Waals surface area contributed by atoms with Crippen LogP contribution in [0.25, 0.3) is 0 Å². The van der Waals surface area contributed by atoms with E-state index in [1.54, 1.807) is 34.7 Å². The van der Waals surface area contributed by atoms with E-state index in [1.165, 1.54) is 4.57 Å². The van der Waals surface area contributed by atoms with Crippen LogP contribution >= 0.6 is 11.3 Å². The quantitative estimate of drug-likeness (QED) is 0.601. The number of carbonyl (C=O) groups is 2. The molecule has 0 saturated heterocycles. The topological polar surface area (TPSA) is 84.5 Å². The first-order chi connectivity index (χ1) is 14.5. The highest BCUT2D eigenvalue weighted by Crippen LogP contribution is 2.19. The first kappa shape index (κ1) is 20.2. The maximum Gasteiger partial charge on any atom is 0.307 e. The van der Waals surface area contributed by atoms with Crippen molar-refractivity contribution in [2.45, 2.75) is 45.4 Å². The van der Waals surface area contributed by atoms with Crippen LogP contribution < -0.4 is 10.2 Å². The zero-order valence-corrected chi connectivity index (χ0v) is 17.5. The molecule has 2 aromatic heterocycles. The van der Waals surface area contributed by atoms with Gasteiger partial charge >= 0.3 is 4.87 Å². The number of hydrogen-bond donors (Lipinski definition) is 1. The Kier molecular flexibility index (Phi) is 5.85. The summed E-state index contributed by atoms with van der Waals surface area (Å²) in [6, 6.07) is 11.2. The molecule has 0 bridgehead atoms. The Hall–Kier alpha value is -3.13. The first-order valence-electron chi connectivity index (χ1n) is 9.84. The number of carbonyl (C=O) groups excluding carboxylic acids is 2. The average molecular weight is 426 g/mol. The van der Waals surface area contributed by atoms with Crippen LogP contribution in [0.3, 0.4) is 0 Å². The second-order valence-corrected chi connectivity index (χ2v) is 8.32. The third-order valence-electron chi connectivity index (χ3n) is 5.05. The Morgan fingerprint density at radius 1 is 1.20 bits per heavy atom. The van der Waals surface area contributed by atoms with Gasteiger partial charge in [0.15, 0.2) is 0 Å². The molecule has 1 aromatic carbocycles. The molecule has 8 heteroatoms. The van der Waals surface area contributed by atoms with Crippen molar-refractivity contribution in [3.8, 4) is 0 Å². The number of nitrogens with zero attached hydrogens (tertiary/aromatic N) is 2. The molecule has 0 atom stereocenters. The van der Waals surface area contributed by atoms with Crippen LogP contribution in [0.5, 0.6) is 0 Å². The third kappa shape index (κ3) is 4.88. The molecule has 1 aliphatic rings. The number of nitrogens with one attached hydrogen (secondary N) is 1. The first-order valence-corrected chi connectivity index (χ1v) is 10.7. The molecule has 0 radical (unpaired) electrons. The van der Waals surface area contributed by atoms with E-state index < -0.39 is 0 Å². The second-order valence-electron chi connectivity index (χ2n) is 7.50. The van der Waals surface area contributed by atoms with Crippen LogP contribution in [-0.2, 0) is 24.4 Å². The summed E-state index contributed by atoms with van der Waals surface area (Å²) in [6.45, 7) is 2.44. The molecule has 2 heterocycles. The van der Waals surface area contributed by atoms with Crippen molar-refractivity contribution >= 4 is 23.2 Å². The third-order valence-corrected chi connectivity index (χ3v) is 5.93. The predicted molar refractivity (Wildman–Crippen MR) is 113 cm³/mol. The zero-order chi connectivity index (χ0) is 21.1. The van der Waals surface area contributed by atoms with Crippen LogP contribution in [-0.4, -0.2) is 27.3 Å². The van der Waals surface area contributed by atoms with Gasteiger partial charge in [-0.05, 0) is 49.6 Å². The molecule has 2 amide bonds. The lowest BCUT2D eigenvalue weighted by molar-refractivity contribution is -0.133. The monoisotopic (exact) mass is 425 g/mol. The van der Waals surface area contributed by atoms with Crippen LogP contribution in [0.2, 0.25) is 0 Å². The average Bonchev–Trinajstić information content (AvgIpc) is 3.30. The van der Waals surface area contributed by atoms with Gasteiger partial charge in [0.25, 0.3) is 5.91 Å². The van der Waals surface area contributed by atoms with E-state index in [0.29, 0.717) is 30.5 Å². The highest BCUT2D eigenvalue weighted by Gasteiger charge is 2.24. The smallest absolute Gasteiger partial charge is 0.307 e. The van der Waals surface area contributed by atoms with Gasteiger partial charge < -0.3 is 14.6 Å². The van der Waals surface area contributed by atoms with Crippen LogP contribution in [0.4, 0.5) is 0 Å². The molecule has 1 saturated carbocycles. The summed E-state index contributed by atoms with van der Waals surface area (Å²) in [7, 11) is 0. The van der Waals surface area contributed by atoms with Gasteiger partial charge in [0.05, 0.1) is 12.8 Å². The largest absolute Gasteiger partial charge is 0.467 e. The van der Waals surface area contributed by atoms with Gasteiger partial charge in [0.1, 0.15) is 12.3 Å². The van der Waals surface area contributed by atoms with Crippen molar-refractivity contribution in [3.05, 3.63) is 80.3 Å². The summed E-state index contributed by atoms with van der Waals surface area (Å²) in [5.41, 5.74) is 2.27. The lowest BCUT2D eigenvalue weighted by atomic mass is 10.1. The van der Waals surface area contributed by atoms with Gasteiger partial charge in [0, 0.05) is 29.2 Å². The van der Waals surface area contributed by atoms with Crippen molar-refractivity contribution in [1.29, 1.82) is 0 Å². The number of rotatable bonds is 8. The summed E-state index contributed by atoms with van der Waals surface area (Å²) in [4.78, 5) is 38.7. The van der Waals surface area contributed by atoms with Crippen molar-refractivity contribution in [2.24, 2.45) is 0 Å². The minimum Gasteiger partial charge on any atom is -0.467 e. The molecular weight excluding hydrogens is 402 g/mol. The van der Waals surface area contributed by atoms with E-state index in [1.807, 2.05) is 25.1 Å². The molecule has 1 N–H and O–H groups in total. The normalized spacial score (nSPS) is 13.2. The molecule has 30 heavy (non-hydrogen) atoms. The number of amides is 2. The lowest BCUT2D eigenvalue weighted by Gasteiger charge is -2.22. The molecule has 0 spiro atoms. The standard InChI is InChI=1S/C22H23N3O4S/c1-15-14-30-22(28)25(15)13-20(26)24(12-19-3-2-10-29-19)11-16-4-6-17(7-5-16)21(27)23-18-8-9-18/h2-7,10,14,18H,8-9,11-13H2,1H3,(H,23,27). The van der Waals surface area contributed by atoms with Crippen LogP contribution in [0.15, 0.2) is 57.3 Å². The Labute approximate surface area is 177 Å². The molecule has 1 aliphatic carbocycles. The van der Waals surface area contributed by atoms with Gasteiger partial charge in [-0.1, -0.05) is 23.5 Å². The molecule has 156 valence electrons. The predicted octanol–water partition coefficient (Wildman–Crippen LogP) is 2.93. The molecular formula is C22H23N3O4S. The van der Waals surface area contributed by atoms with E-state index in [2.05, 4.69) is 5.32 Å². The maximum atomic E-state index is 13.0. The van der Waals surface area contributed by atoms with Gasteiger partial charge in [0.2, 0.25) is 5.91 Å². The fourth-order valence-corrected chi connectivity index (χ4v) is 3.87. The van der Waals surface area contributed by atoms with Gasteiger partial charge in [-0.25, -0.2) is 0 Å². The molecule has 0 aliphatic heterocycles. The molecule has 1 fully saturated rings. The highest BCUT2D eigenvalue weighted by atomic mass is 32.1. The summed E-state index contributed by atoms with van der Waals surface area (Å²) in [5, 5.41) is 4.71. The Balaban J connectivity index is 1.48. The maximum absolute atomic E-state index is 13.0. The van der Waals surface area contributed by atoms with Crippen molar-refractivity contribution < 1.29 is 14.0 Å². The number of aromatic nitrogens is 1. The fraction of sp³-hybridized carbons (Fsp3) is 0.318. The SMILES string of the molecule is Cc1csc(=O)n1CC(=O)N(Cc1ccc(C(=O)NC2CC2)cc1)Cc1ccco1. The summed E-state index contributed by atoms with van der Waals surface area (Å²) >= 11 is 1.09. The van der Waals surface area contributed by atoms with E-state index in [-0.39, 0.29) is 23.2 Å². The van der Waals surface area contributed by atoms with Crippen molar-refractivity contribution in [1.82, 2.24) is 14.8 Å². The van der Waals surface area contributed by atoms with Crippen molar-refractivity contribution in [2.75, 3.05) is 0 Å². The van der Waals surface area contributed by atoms with Gasteiger partial charge in [-0.3, -0.25) is 19.0 Å². The van der Waals surface area contributed by atoms with Crippen LogP contribution in [0, 0.1) is 6.92 Å². The van der Waals surface area contributed by atoms with E-state index in [0.717, 1.165) is 35.4 Å². The van der Waals surface area contributed by atoms with Gasteiger partial charge in [-0.2, -0.15) is 0 Å². The minimum absolute atomic E-state index is 0.0171. The zero-order valence-electron chi connectivity index (χ0n) is 16.7. The number of furan rings is 1. The number of thiazole rings is 1. The Morgan fingerprint density at radius 3 is 2.57 bits per heavy atom. The van der Waals surface area contributed by atoms with Crippen molar-refractivity contribution in [3.63, 3.8) is 0 Å². The number of aryl methyl sites for hydroxylation is 1. The summed E-state index contributed by atoms with van der Waals surface area (Å²) < 4.78 is 6.89. The molecule has 0 unspecified atom stereocenters. The Bertz CT molecular complexity index is 1080. The fourth-order valence-electron chi connectivity index (χ4n) is 3.13. The highest BCUT2D eigenvalue weighted by molar-refractivity contribution is 7.07. The van der Waals surface area contributed by atoms with Crippen LogP contribution in [0.1, 0.15) is 40.2 Å².